The molecule has 0 aliphatic heterocycles. The summed E-state index contributed by atoms with van der Waals surface area (Å²) >= 11 is 5.84. The normalized spacial score (nSPS) is 12.3. The zero-order chi connectivity index (χ0) is 11.2. The van der Waals surface area contributed by atoms with Gasteiger partial charge in [0.2, 0.25) is 5.82 Å². The number of aryl methyl sites for hydroxylation is 1. The van der Waals surface area contributed by atoms with Gasteiger partial charge in [-0.05, 0) is 18.6 Å². The van der Waals surface area contributed by atoms with Gasteiger partial charge in [-0.15, -0.1) is 0 Å². The summed E-state index contributed by atoms with van der Waals surface area (Å²) < 4.78 is 37.0. The highest BCUT2D eigenvalue weighted by atomic mass is 35.5. The molecule has 6 heteroatoms. The van der Waals surface area contributed by atoms with Crippen LogP contribution in [0.2, 0.25) is 5.02 Å². The Morgan fingerprint density at radius 3 is 2.60 bits per heavy atom. The van der Waals surface area contributed by atoms with E-state index in [0.29, 0.717) is 5.56 Å². The molecule has 2 aromatic rings. The third-order valence-corrected chi connectivity index (χ3v) is 2.53. The highest BCUT2D eigenvalue weighted by Crippen LogP contribution is 2.31. The maximum atomic E-state index is 12.3. The minimum Gasteiger partial charge on any atom is -0.334 e. The van der Waals surface area contributed by atoms with Gasteiger partial charge in [0.15, 0.2) is 0 Å². The predicted octanol–water partition coefficient (Wildman–Crippen LogP) is 3.54. The zero-order valence-corrected chi connectivity index (χ0v) is 8.37. The van der Waals surface area contributed by atoms with Crippen molar-refractivity contribution in [1.29, 1.82) is 0 Å². The lowest BCUT2D eigenvalue weighted by Gasteiger charge is -1.99. The van der Waals surface area contributed by atoms with Crippen molar-refractivity contribution in [1.82, 2.24) is 9.97 Å². The smallest absolute Gasteiger partial charge is 0.334 e. The summed E-state index contributed by atoms with van der Waals surface area (Å²) in [6, 6.07) is 3.17. The lowest BCUT2D eigenvalue weighted by atomic mass is 10.2. The number of alkyl halides is 3. The van der Waals surface area contributed by atoms with Crippen molar-refractivity contribution in [3.8, 4) is 0 Å². The number of aromatic amines is 1. The molecule has 0 unspecified atom stereocenters. The van der Waals surface area contributed by atoms with Gasteiger partial charge in [0, 0.05) is 0 Å². The monoisotopic (exact) mass is 234 g/mol. The van der Waals surface area contributed by atoms with Crippen molar-refractivity contribution < 1.29 is 13.2 Å². The first-order valence-electron chi connectivity index (χ1n) is 4.11. The van der Waals surface area contributed by atoms with Gasteiger partial charge in [-0.25, -0.2) is 4.98 Å². The highest BCUT2D eigenvalue weighted by Gasteiger charge is 2.35. The van der Waals surface area contributed by atoms with E-state index < -0.39 is 12.0 Å². The Morgan fingerprint density at radius 1 is 1.33 bits per heavy atom. The van der Waals surface area contributed by atoms with E-state index in [2.05, 4.69) is 9.97 Å². The fourth-order valence-corrected chi connectivity index (χ4v) is 1.48. The van der Waals surface area contributed by atoms with Gasteiger partial charge in [-0.3, -0.25) is 0 Å². The molecule has 2 rings (SSSR count). The van der Waals surface area contributed by atoms with Crippen LogP contribution in [0.25, 0.3) is 11.0 Å². The van der Waals surface area contributed by atoms with Crippen LogP contribution in [0, 0.1) is 6.92 Å². The van der Waals surface area contributed by atoms with Gasteiger partial charge in [0.1, 0.15) is 5.52 Å². The van der Waals surface area contributed by atoms with Gasteiger partial charge in [0.25, 0.3) is 0 Å². The van der Waals surface area contributed by atoms with E-state index in [1.54, 1.807) is 13.0 Å². The number of fused-ring (bicyclic) bond motifs is 1. The summed E-state index contributed by atoms with van der Waals surface area (Å²) in [5.74, 6) is -1.02. The summed E-state index contributed by atoms with van der Waals surface area (Å²) in [6.45, 7) is 1.71. The van der Waals surface area contributed by atoms with E-state index >= 15 is 0 Å². The molecule has 1 aromatic carbocycles. The summed E-state index contributed by atoms with van der Waals surface area (Å²) in [5, 5.41) is 0.249. The fourth-order valence-electron chi connectivity index (χ4n) is 1.28. The van der Waals surface area contributed by atoms with Crippen molar-refractivity contribution in [3.63, 3.8) is 0 Å². The quantitative estimate of drug-likeness (QED) is 0.742. The zero-order valence-electron chi connectivity index (χ0n) is 7.61. The number of nitrogens with one attached hydrogen (secondary N) is 1. The van der Waals surface area contributed by atoms with Gasteiger partial charge < -0.3 is 4.98 Å². The van der Waals surface area contributed by atoms with Crippen LogP contribution in [0.15, 0.2) is 12.1 Å². The first-order chi connectivity index (χ1) is 6.89. The molecule has 0 radical (unpaired) electrons. The van der Waals surface area contributed by atoms with Crippen molar-refractivity contribution >= 4 is 22.6 Å². The maximum absolute atomic E-state index is 12.3. The van der Waals surface area contributed by atoms with Crippen LogP contribution < -0.4 is 0 Å². The Bertz CT molecular complexity index is 516. The number of benzene rings is 1. The second-order valence-corrected chi connectivity index (χ2v) is 3.55. The largest absolute Gasteiger partial charge is 0.449 e. The van der Waals surface area contributed by atoms with E-state index in [4.69, 9.17) is 11.6 Å². The SMILES string of the molecule is Cc1ccc2[nH]c(C(F)(F)F)nc2c1Cl. The summed E-state index contributed by atoms with van der Waals surface area (Å²) in [7, 11) is 0. The van der Waals surface area contributed by atoms with Crippen molar-refractivity contribution in [2.75, 3.05) is 0 Å². The molecule has 0 amide bonds. The molecule has 1 aromatic heterocycles. The number of rotatable bonds is 0. The van der Waals surface area contributed by atoms with E-state index in [-0.39, 0.29) is 16.1 Å². The molecule has 2 nitrogen and oxygen atoms in total. The molecule has 0 aliphatic carbocycles. The topological polar surface area (TPSA) is 28.7 Å². The van der Waals surface area contributed by atoms with E-state index in [1.165, 1.54) is 6.07 Å². The molecule has 0 spiro atoms. The molecule has 0 aliphatic rings. The van der Waals surface area contributed by atoms with Crippen LogP contribution in [0.4, 0.5) is 13.2 Å². The molecule has 80 valence electrons. The van der Waals surface area contributed by atoms with E-state index in [9.17, 15) is 13.2 Å². The molecule has 0 fully saturated rings. The second kappa shape index (κ2) is 3.13. The first-order valence-corrected chi connectivity index (χ1v) is 4.49. The van der Waals surface area contributed by atoms with Gasteiger partial charge >= 0.3 is 6.18 Å². The lowest BCUT2D eigenvalue weighted by Crippen LogP contribution is -2.06. The fraction of sp³-hybridized carbons (Fsp3) is 0.222. The van der Waals surface area contributed by atoms with Crippen molar-refractivity contribution in [3.05, 3.63) is 28.5 Å². The Balaban J connectivity index is 2.72. The number of aromatic nitrogens is 2. The molecule has 1 heterocycles. The van der Waals surface area contributed by atoms with Gasteiger partial charge in [-0.1, -0.05) is 17.7 Å². The van der Waals surface area contributed by atoms with Gasteiger partial charge in [0.05, 0.1) is 10.5 Å². The van der Waals surface area contributed by atoms with Crippen molar-refractivity contribution in [2.24, 2.45) is 0 Å². The average Bonchev–Trinajstić information content (AvgIpc) is 2.55. The number of nitrogens with zero attached hydrogens (tertiary/aromatic N) is 1. The Hall–Kier alpha value is -1.23. The molecular formula is C9H6ClF3N2. The molecule has 0 atom stereocenters. The number of hydrogen-bond donors (Lipinski definition) is 1. The summed E-state index contributed by atoms with van der Waals surface area (Å²) in [4.78, 5) is 5.61. The Kier molecular flexibility index (Phi) is 2.15. The van der Waals surface area contributed by atoms with E-state index in [0.717, 1.165) is 0 Å². The summed E-state index contributed by atoms with van der Waals surface area (Å²) in [5.41, 5.74) is 1.14. The maximum Gasteiger partial charge on any atom is 0.449 e. The minimum atomic E-state index is -4.48. The van der Waals surface area contributed by atoms with Crippen LogP contribution >= 0.6 is 11.6 Å². The lowest BCUT2D eigenvalue weighted by molar-refractivity contribution is -0.144. The third-order valence-electron chi connectivity index (χ3n) is 2.05. The van der Waals surface area contributed by atoms with Gasteiger partial charge in [-0.2, -0.15) is 13.2 Å². The molecule has 1 N–H and O–H groups in total. The first kappa shape index (κ1) is 10.3. The Morgan fingerprint density at radius 2 is 2.00 bits per heavy atom. The number of imidazole rings is 1. The number of H-pyrrole nitrogens is 1. The number of halogens is 4. The van der Waals surface area contributed by atoms with Crippen molar-refractivity contribution in [2.45, 2.75) is 13.1 Å². The predicted molar refractivity (Wildman–Crippen MR) is 50.8 cm³/mol. The molecule has 0 saturated heterocycles. The van der Waals surface area contributed by atoms with E-state index in [1.807, 2.05) is 0 Å². The average molecular weight is 235 g/mol. The number of hydrogen-bond acceptors (Lipinski definition) is 1. The van der Waals surface area contributed by atoms with Crippen LogP contribution in [0.5, 0.6) is 0 Å². The van der Waals surface area contributed by atoms with Crippen LogP contribution in [-0.2, 0) is 6.18 Å². The molecule has 0 bridgehead atoms. The second-order valence-electron chi connectivity index (χ2n) is 3.18. The van der Waals surface area contributed by atoms with Crippen LogP contribution in [0.3, 0.4) is 0 Å². The van der Waals surface area contributed by atoms with Crippen LogP contribution in [-0.4, -0.2) is 9.97 Å². The van der Waals surface area contributed by atoms with Crippen LogP contribution in [0.1, 0.15) is 11.4 Å². The molecule has 0 saturated carbocycles. The minimum absolute atomic E-state index is 0.156. The molecular weight excluding hydrogens is 229 g/mol. The standard InChI is InChI=1S/C9H6ClF3N2/c1-4-2-3-5-7(6(4)10)15-8(14-5)9(11,12)13/h2-3H,1H3,(H,14,15). The highest BCUT2D eigenvalue weighted by molar-refractivity contribution is 6.35. The third kappa shape index (κ3) is 1.67. The Labute approximate surface area is 88.1 Å². The summed E-state index contributed by atoms with van der Waals surface area (Å²) in [6.07, 6.45) is -4.48. The molecule has 15 heavy (non-hydrogen) atoms.